The van der Waals surface area contributed by atoms with Crippen LogP contribution in [0.4, 0.5) is 10.6 Å². The van der Waals surface area contributed by atoms with E-state index in [-0.39, 0.29) is 0 Å². The third-order valence-corrected chi connectivity index (χ3v) is 3.93. The Labute approximate surface area is 149 Å². The largest absolute Gasteiger partial charge is 0.444 e. The minimum absolute atomic E-state index is 0.408. The van der Waals surface area contributed by atoms with Crippen molar-refractivity contribution in [1.82, 2.24) is 9.88 Å². The van der Waals surface area contributed by atoms with E-state index in [9.17, 15) is 9.90 Å². The predicted molar refractivity (Wildman–Crippen MR) is 95.4 cm³/mol. The molecule has 1 aromatic rings. The third kappa shape index (κ3) is 5.66. The van der Waals surface area contributed by atoms with Crippen molar-refractivity contribution in [2.24, 2.45) is 0 Å². The van der Waals surface area contributed by atoms with E-state index in [1.807, 2.05) is 19.0 Å². The minimum Gasteiger partial charge on any atom is -0.444 e. The van der Waals surface area contributed by atoms with Gasteiger partial charge in [-0.3, -0.25) is 5.32 Å². The van der Waals surface area contributed by atoms with Gasteiger partial charge in [-0.15, -0.1) is 0 Å². The summed E-state index contributed by atoms with van der Waals surface area (Å²) in [5.74, 6) is 0.408. The maximum Gasteiger partial charge on any atom is 0.413 e. The van der Waals surface area contributed by atoms with Crippen LogP contribution in [0.1, 0.15) is 44.7 Å². The fourth-order valence-corrected chi connectivity index (χ4v) is 2.84. The normalized spacial score (nSPS) is 17.4. The average Bonchev–Trinajstić information content (AvgIpc) is 2.45. The van der Waals surface area contributed by atoms with Gasteiger partial charge in [0.25, 0.3) is 0 Å². The van der Waals surface area contributed by atoms with Crippen molar-refractivity contribution >= 4 is 11.9 Å². The summed E-state index contributed by atoms with van der Waals surface area (Å²) in [4.78, 5) is 18.3. The van der Waals surface area contributed by atoms with E-state index in [4.69, 9.17) is 9.47 Å². The van der Waals surface area contributed by atoms with Gasteiger partial charge in [-0.25, -0.2) is 9.78 Å². The van der Waals surface area contributed by atoms with Gasteiger partial charge in [-0.2, -0.15) is 0 Å². The second-order valence-corrected chi connectivity index (χ2v) is 7.74. The molecule has 0 unspecified atom stereocenters. The summed E-state index contributed by atoms with van der Waals surface area (Å²) in [5, 5.41) is 13.7. The zero-order valence-corrected chi connectivity index (χ0v) is 15.8. The zero-order chi connectivity index (χ0) is 18.7. The Morgan fingerprint density at radius 1 is 1.40 bits per heavy atom. The Hall–Kier alpha value is -1.70. The number of rotatable bonds is 4. The number of carbonyl (C=O) groups is 1. The van der Waals surface area contributed by atoms with Gasteiger partial charge in [0.15, 0.2) is 0 Å². The van der Waals surface area contributed by atoms with Crippen LogP contribution in [0.3, 0.4) is 0 Å². The molecule has 1 aliphatic heterocycles. The van der Waals surface area contributed by atoms with E-state index in [2.05, 4.69) is 10.3 Å². The summed E-state index contributed by atoms with van der Waals surface area (Å²) in [7, 11) is 3.92. The van der Waals surface area contributed by atoms with E-state index in [1.165, 1.54) is 0 Å². The lowest BCUT2D eigenvalue weighted by Crippen LogP contribution is -2.35. The number of amides is 1. The number of aliphatic hydroxyl groups is 1. The molecular weight excluding hydrogens is 322 g/mol. The van der Waals surface area contributed by atoms with E-state index in [1.54, 1.807) is 33.0 Å². The maximum absolute atomic E-state index is 12.0. The number of anilines is 1. The van der Waals surface area contributed by atoms with Gasteiger partial charge in [-0.1, -0.05) is 0 Å². The molecular formula is C18H29N3O4. The molecule has 0 bridgehead atoms. The summed E-state index contributed by atoms with van der Waals surface area (Å²) in [5.41, 5.74) is 0.198. The van der Waals surface area contributed by atoms with Crippen LogP contribution in [0.2, 0.25) is 0 Å². The van der Waals surface area contributed by atoms with E-state index in [0.29, 0.717) is 38.4 Å². The molecule has 140 valence electrons. The summed E-state index contributed by atoms with van der Waals surface area (Å²) < 4.78 is 10.6. The Morgan fingerprint density at radius 2 is 2.04 bits per heavy atom. The lowest BCUT2D eigenvalue weighted by molar-refractivity contribution is -0.0687. The average molecular weight is 351 g/mol. The lowest BCUT2D eigenvalue weighted by Gasteiger charge is -2.34. The second kappa shape index (κ2) is 7.68. The molecule has 0 aliphatic carbocycles. The van der Waals surface area contributed by atoms with Gasteiger partial charge in [0.1, 0.15) is 11.4 Å². The molecule has 1 amide bonds. The highest BCUT2D eigenvalue weighted by Gasteiger charge is 2.34. The zero-order valence-electron chi connectivity index (χ0n) is 15.8. The Morgan fingerprint density at radius 3 is 2.60 bits per heavy atom. The summed E-state index contributed by atoms with van der Waals surface area (Å²) >= 11 is 0. The summed E-state index contributed by atoms with van der Waals surface area (Å²) in [6.45, 7) is 7.10. The van der Waals surface area contributed by atoms with Crippen LogP contribution >= 0.6 is 0 Å². The van der Waals surface area contributed by atoms with Gasteiger partial charge in [0.05, 0.1) is 5.60 Å². The van der Waals surface area contributed by atoms with Gasteiger partial charge in [-0.05, 0) is 46.5 Å². The lowest BCUT2D eigenvalue weighted by atomic mass is 9.84. The van der Waals surface area contributed by atoms with Gasteiger partial charge in [0, 0.05) is 44.4 Å². The minimum atomic E-state index is -0.943. The number of ether oxygens (including phenoxy) is 2. The van der Waals surface area contributed by atoms with Crippen molar-refractivity contribution in [3.05, 3.63) is 23.4 Å². The second-order valence-electron chi connectivity index (χ2n) is 7.74. The maximum atomic E-state index is 12.0. The topological polar surface area (TPSA) is 83.9 Å². The molecule has 0 atom stereocenters. The number of nitrogens with zero attached hydrogens (tertiary/aromatic N) is 2. The van der Waals surface area contributed by atoms with E-state index < -0.39 is 17.3 Å². The fraction of sp³-hybridized carbons (Fsp3) is 0.667. The molecule has 7 heteroatoms. The van der Waals surface area contributed by atoms with Crippen LogP contribution in [0.5, 0.6) is 0 Å². The first-order valence-corrected chi connectivity index (χ1v) is 8.53. The molecule has 0 spiro atoms. The molecule has 2 N–H and O–H groups in total. The van der Waals surface area contributed by atoms with Crippen LogP contribution in [0.25, 0.3) is 0 Å². The summed E-state index contributed by atoms with van der Waals surface area (Å²) in [6.07, 6.45) is 2.17. The molecule has 2 heterocycles. The molecule has 1 aromatic heterocycles. The molecule has 25 heavy (non-hydrogen) atoms. The van der Waals surface area contributed by atoms with E-state index in [0.717, 1.165) is 11.1 Å². The SMILES string of the molecule is CN(C)Cc1cc(NC(=O)OC(C)(C)C)ncc1C1(O)CCOCC1. The number of hydrogen-bond acceptors (Lipinski definition) is 6. The number of hydrogen-bond donors (Lipinski definition) is 2. The van der Waals surface area contributed by atoms with Gasteiger partial charge in [0.2, 0.25) is 0 Å². The van der Waals surface area contributed by atoms with Crippen LogP contribution in [-0.2, 0) is 21.6 Å². The monoisotopic (exact) mass is 351 g/mol. The highest BCUT2D eigenvalue weighted by Crippen LogP contribution is 2.34. The van der Waals surface area contributed by atoms with Crippen molar-refractivity contribution in [3.8, 4) is 0 Å². The van der Waals surface area contributed by atoms with Crippen LogP contribution in [-0.4, -0.2) is 54.0 Å². The first-order chi connectivity index (χ1) is 11.6. The Kier molecular flexibility index (Phi) is 6.03. The first-order valence-electron chi connectivity index (χ1n) is 8.53. The highest BCUT2D eigenvalue weighted by molar-refractivity contribution is 5.83. The molecule has 1 fully saturated rings. The quantitative estimate of drug-likeness (QED) is 0.867. The van der Waals surface area contributed by atoms with Crippen LogP contribution < -0.4 is 5.32 Å². The molecule has 1 aliphatic rings. The number of nitrogens with one attached hydrogen (secondary N) is 1. The molecule has 0 radical (unpaired) electrons. The molecule has 0 saturated carbocycles. The van der Waals surface area contributed by atoms with Gasteiger partial charge >= 0.3 is 6.09 Å². The molecule has 2 rings (SSSR count). The van der Waals surface area contributed by atoms with Crippen molar-refractivity contribution in [2.45, 2.75) is 51.4 Å². The molecule has 7 nitrogen and oxygen atoms in total. The highest BCUT2D eigenvalue weighted by atomic mass is 16.6. The standard InChI is InChI=1S/C18H29N3O4/c1-17(2,3)25-16(22)20-15-10-13(12-21(4)5)14(11-19-15)18(23)6-8-24-9-7-18/h10-11,23H,6-9,12H2,1-5H3,(H,19,20,22). The van der Waals surface area contributed by atoms with Crippen molar-refractivity contribution in [2.75, 3.05) is 32.6 Å². The smallest absolute Gasteiger partial charge is 0.413 e. The van der Waals surface area contributed by atoms with Gasteiger partial charge < -0.3 is 19.5 Å². The predicted octanol–water partition coefficient (Wildman–Crippen LogP) is 2.49. The fourth-order valence-electron chi connectivity index (χ4n) is 2.84. The van der Waals surface area contributed by atoms with Crippen molar-refractivity contribution < 1.29 is 19.4 Å². The summed E-state index contributed by atoms with van der Waals surface area (Å²) in [6, 6.07) is 1.80. The van der Waals surface area contributed by atoms with Crippen molar-refractivity contribution in [1.29, 1.82) is 0 Å². The van der Waals surface area contributed by atoms with Crippen molar-refractivity contribution in [3.63, 3.8) is 0 Å². The first kappa shape index (κ1) is 19.6. The number of carbonyl (C=O) groups excluding carboxylic acids is 1. The Bertz CT molecular complexity index is 605. The third-order valence-electron chi connectivity index (χ3n) is 3.93. The number of aromatic nitrogens is 1. The Balaban J connectivity index is 2.25. The van der Waals surface area contributed by atoms with Crippen LogP contribution in [0, 0.1) is 0 Å². The molecule has 0 aromatic carbocycles. The van der Waals surface area contributed by atoms with Crippen LogP contribution in [0.15, 0.2) is 12.3 Å². The molecule has 1 saturated heterocycles. The van der Waals surface area contributed by atoms with E-state index >= 15 is 0 Å². The number of pyridine rings is 1.